The molecule has 0 spiro atoms. The van der Waals surface area contributed by atoms with Crippen molar-refractivity contribution in [3.63, 3.8) is 0 Å². The van der Waals surface area contributed by atoms with Crippen molar-refractivity contribution in [3.8, 4) is 0 Å². The molecule has 4 aromatic carbocycles. The number of rotatable bonds is 11. The number of likely N-dealkylation sites (tertiary alicyclic amines) is 1. The van der Waals surface area contributed by atoms with Crippen molar-refractivity contribution in [2.24, 2.45) is 0 Å². The molecule has 0 aliphatic carbocycles. The first-order chi connectivity index (χ1) is 22.5. The fourth-order valence-corrected chi connectivity index (χ4v) is 11.4. The Labute approximate surface area is 281 Å². The quantitative estimate of drug-likeness (QED) is 0.139. The fraction of sp³-hybridized carbons (Fsp3) is 0.263. The average Bonchev–Trinajstić information content (AvgIpc) is 3.06. The zero-order valence-electron chi connectivity index (χ0n) is 27.1. The SMILES string of the molecule is CC(O)CS[C@@H]1[C@H](NC(=O)Cc2ccccc2)C(=O)N1C(C(=O)OC(C)(C)C)=P(c1ccccc1)(c1ccccc1)c1ccccc1. The number of nitrogens with zero attached hydrogens (tertiary/aromatic N) is 1. The van der Waals surface area contributed by atoms with Crippen LogP contribution in [0.2, 0.25) is 0 Å². The molecule has 0 radical (unpaired) electrons. The topological polar surface area (TPSA) is 95.9 Å². The molecule has 2 amide bonds. The van der Waals surface area contributed by atoms with Crippen molar-refractivity contribution in [3.05, 3.63) is 127 Å². The number of esters is 1. The molecule has 3 atom stereocenters. The molecule has 0 aromatic heterocycles. The Hall–Kier alpha value is -4.10. The summed E-state index contributed by atoms with van der Waals surface area (Å²) in [5, 5.41) is 15.2. The van der Waals surface area contributed by atoms with Crippen LogP contribution in [0, 0.1) is 0 Å². The number of β-lactam (4-membered cyclic amide) rings is 1. The van der Waals surface area contributed by atoms with E-state index in [0.29, 0.717) is 0 Å². The molecule has 1 fully saturated rings. The maximum atomic E-state index is 14.8. The van der Waals surface area contributed by atoms with Crippen LogP contribution in [0.3, 0.4) is 0 Å². The smallest absolute Gasteiger partial charge is 0.356 e. The molecule has 7 nitrogen and oxygen atoms in total. The van der Waals surface area contributed by atoms with Gasteiger partial charge in [0.2, 0.25) is 5.91 Å². The number of hydrogen-bond acceptors (Lipinski definition) is 6. The summed E-state index contributed by atoms with van der Waals surface area (Å²) in [6, 6.07) is 37.8. The van der Waals surface area contributed by atoms with E-state index < -0.39 is 41.9 Å². The molecule has 2 N–H and O–H groups in total. The second-order valence-electron chi connectivity index (χ2n) is 12.5. The van der Waals surface area contributed by atoms with Crippen molar-refractivity contribution in [2.45, 2.75) is 57.2 Å². The largest absolute Gasteiger partial charge is 0.455 e. The molecule has 244 valence electrons. The highest BCUT2D eigenvalue weighted by Gasteiger charge is 2.55. The van der Waals surface area contributed by atoms with Gasteiger partial charge in [-0.3, -0.25) is 14.5 Å². The zero-order chi connectivity index (χ0) is 33.6. The molecule has 1 aliphatic heterocycles. The Bertz CT molecular complexity index is 1640. The molecule has 0 saturated carbocycles. The van der Waals surface area contributed by atoms with Gasteiger partial charge in [-0.2, -0.15) is 0 Å². The van der Waals surface area contributed by atoms with Gasteiger partial charge in [-0.25, -0.2) is 4.79 Å². The predicted molar refractivity (Wildman–Crippen MR) is 193 cm³/mol. The molecule has 47 heavy (non-hydrogen) atoms. The highest BCUT2D eigenvalue weighted by atomic mass is 32.2. The number of aliphatic hydroxyl groups excluding tert-OH is 1. The Morgan fingerprint density at radius 2 is 1.28 bits per heavy atom. The molecule has 5 rings (SSSR count). The number of ether oxygens (including phenoxy) is 1. The lowest BCUT2D eigenvalue weighted by atomic mass is 10.1. The fourth-order valence-electron chi connectivity index (χ4n) is 5.73. The van der Waals surface area contributed by atoms with E-state index in [1.54, 1.807) is 27.7 Å². The van der Waals surface area contributed by atoms with E-state index in [9.17, 15) is 19.5 Å². The third-order valence-electron chi connectivity index (χ3n) is 7.63. The first kappa shape index (κ1) is 34.2. The van der Waals surface area contributed by atoms with Crippen LogP contribution < -0.4 is 21.2 Å². The van der Waals surface area contributed by atoms with Gasteiger partial charge in [-0.1, -0.05) is 121 Å². The van der Waals surface area contributed by atoms with Crippen molar-refractivity contribution in [1.82, 2.24) is 10.2 Å². The molecular formula is C38H41N2O5PS. The van der Waals surface area contributed by atoms with Crippen molar-refractivity contribution in [1.29, 1.82) is 0 Å². The van der Waals surface area contributed by atoms with Crippen molar-refractivity contribution in [2.75, 3.05) is 5.75 Å². The van der Waals surface area contributed by atoms with Crippen LogP contribution in [0.25, 0.3) is 0 Å². The molecule has 9 heteroatoms. The third-order valence-corrected chi connectivity index (χ3v) is 13.4. The van der Waals surface area contributed by atoms with E-state index in [2.05, 4.69) is 5.32 Å². The van der Waals surface area contributed by atoms with Gasteiger partial charge < -0.3 is 15.2 Å². The van der Waals surface area contributed by atoms with Crippen LogP contribution in [0.4, 0.5) is 0 Å². The van der Waals surface area contributed by atoms with Crippen LogP contribution in [0.5, 0.6) is 0 Å². The summed E-state index contributed by atoms with van der Waals surface area (Å²) >= 11 is 1.33. The molecule has 0 bridgehead atoms. The maximum absolute atomic E-state index is 14.8. The number of hydrogen-bond donors (Lipinski definition) is 2. The zero-order valence-corrected chi connectivity index (χ0v) is 28.8. The summed E-state index contributed by atoms with van der Waals surface area (Å²) in [6.45, 7) is 3.99. The minimum absolute atomic E-state index is 0.107. The standard InChI is InChI=1S/C38H41N2O5PS/c1-27(41)26-47-36-33(39-32(42)25-28-17-9-5-10-18-28)34(43)40(36)35(37(44)45-38(2,3)4)46(29-19-11-6-12-20-29,30-21-13-7-14-22-30)31-23-15-8-16-24-31/h5-24,27,33,36,41H,25-26H2,1-4H3,(H,39,42)/t27?,33-,36-/m1/s1. The molecular weight excluding hydrogens is 627 g/mol. The van der Waals surface area contributed by atoms with Gasteiger partial charge in [-0.05, 0) is 49.2 Å². The van der Waals surface area contributed by atoms with E-state index in [1.807, 2.05) is 121 Å². The van der Waals surface area contributed by atoms with Gasteiger partial charge in [0, 0.05) is 12.6 Å². The highest BCUT2D eigenvalue weighted by molar-refractivity contribution is 8.00. The highest BCUT2D eigenvalue weighted by Crippen LogP contribution is 2.50. The minimum atomic E-state index is -3.11. The van der Waals surface area contributed by atoms with Crippen molar-refractivity contribution >= 4 is 57.8 Å². The first-order valence-electron chi connectivity index (χ1n) is 15.6. The summed E-state index contributed by atoms with van der Waals surface area (Å²) in [6.07, 6.45) is -0.573. The summed E-state index contributed by atoms with van der Waals surface area (Å²) in [7, 11) is 0. The van der Waals surface area contributed by atoms with Crippen molar-refractivity contribution < 1.29 is 24.2 Å². The average molecular weight is 669 g/mol. The first-order valence-corrected chi connectivity index (χ1v) is 18.5. The molecule has 1 heterocycles. The van der Waals surface area contributed by atoms with Crippen LogP contribution in [0.1, 0.15) is 33.3 Å². The molecule has 1 aliphatic rings. The van der Waals surface area contributed by atoms with Crippen LogP contribution >= 0.6 is 18.6 Å². The summed E-state index contributed by atoms with van der Waals surface area (Å²) in [5.74, 6) is -1.02. The van der Waals surface area contributed by atoms with Gasteiger partial charge in [0.15, 0.2) is 0 Å². The normalized spacial score (nSPS) is 17.0. The molecule has 1 unspecified atom stereocenters. The number of amides is 2. The Balaban J connectivity index is 1.77. The Morgan fingerprint density at radius 1 is 0.830 bits per heavy atom. The third kappa shape index (κ3) is 7.57. The second kappa shape index (κ2) is 14.8. The Kier molecular flexibility index (Phi) is 10.8. The lowest BCUT2D eigenvalue weighted by Gasteiger charge is -2.49. The van der Waals surface area contributed by atoms with Gasteiger partial charge in [0.25, 0.3) is 5.91 Å². The number of benzene rings is 4. The van der Waals surface area contributed by atoms with Gasteiger partial charge >= 0.3 is 5.97 Å². The van der Waals surface area contributed by atoms with Gasteiger partial charge in [0.05, 0.1) is 12.5 Å². The summed E-state index contributed by atoms with van der Waals surface area (Å²) in [4.78, 5) is 44.1. The lowest BCUT2D eigenvalue weighted by molar-refractivity contribution is -0.151. The van der Waals surface area contributed by atoms with E-state index in [1.165, 1.54) is 16.7 Å². The predicted octanol–water partition coefficient (Wildman–Crippen LogP) is 4.46. The van der Waals surface area contributed by atoms with Crippen LogP contribution in [-0.4, -0.2) is 62.1 Å². The lowest BCUT2D eigenvalue weighted by Crippen LogP contribution is -2.72. The number of carbonyl (C=O) groups is 3. The van der Waals surface area contributed by atoms with Gasteiger partial charge in [0.1, 0.15) is 22.4 Å². The Morgan fingerprint density at radius 3 is 1.70 bits per heavy atom. The second-order valence-corrected chi connectivity index (χ2v) is 17.0. The molecule has 1 saturated heterocycles. The van der Waals surface area contributed by atoms with E-state index in [0.717, 1.165) is 21.5 Å². The van der Waals surface area contributed by atoms with Gasteiger partial charge in [-0.15, -0.1) is 11.8 Å². The van der Waals surface area contributed by atoms with E-state index in [4.69, 9.17) is 4.74 Å². The van der Waals surface area contributed by atoms with Crippen LogP contribution in [0.15, 0.2) is 121 Å². The van der Waals surface area contributed by atoms with E-state index >= 15 is 0 Å². The summed E-state index contributed by atoms with van der Waals surface area (Å²) in [5.41, 5.74) is 0.198. The number of thioether (sulfide) groups is 1. The monoisotopic (exact) mass is 668 g/mol. The minimum Gasteiger partial charge on any atom is -0.455 e. The number of carbonyl (C=O) groups excluding carboxylic acids is 3. The van der Waals surface area contributed by atoms with E-state index in [-0.39, 0.29) is 23.5 Å². The number of aliphatic hydroxyl groups is 1. The van der Waals surface area contributed by atoms with Crippen LogP contribution in [-0.2, 0) is 25.5 Å². The number of nitrogens with one attached hydrogen (secondary N) is 1. The molecule has 4 aromatic rings. The summed E-state index contributed by atoms with van der Waals surface area (Å²) < 4.78 is 6.16. The maximum Gasteiger partial charge on any atom is 0.356 e.